The van der Waals surface area contributed by atoms with Gasteiger partial charge in [0.15, 0.2) is 0 Å². The van der Waals surface area contributed by atoms with Gasteiger partial charge < -0.3 is 8.92 Å². The molecule has 0 aromatic heterocycles. The van der Waals surface area contributed by atoms with Crippen LogP contribution in [0.25, 0.3) is 11.1 Å². The Morgan fingerprint density at radius 3 is 1.65 bits per heavy atom. The molecule has 0 unspecified atom stereocenters. The number of benzene rings is 2. The molecule has 0 amide bonds. The van der Waals surface area contributed by atoms with Crippen molar-refractivity contribution in [2.24, 2.45) is 0 Å². The molecule has 88 valence electrons. The molecule has 0 aliphatic rings. The minimum atomic E-state index is 0.870. The molecule has 0 bridgehead atoms. The molecule has 0 atom stereocenters. The monoisotopic (exact) mass is 246 g/mol. The minimum absolute atomic E-state index is 0.870. The molecular weight excluding hydrogens is 232 g/mol. The number of hydrogen-bond acceptors (Lipinski definition) is 3. The van der Waals surface area contributed by atoms with Crippen LogP contribution in [0.3, 0.4) is 0 Å². The van der Waals surface area contributed by atoms with Crippen molar-refractivity contribution in [3.63, 3.8) is 0 Å². The summed E-state index contributed by atoms with van der Waals surface area (Å²) < 4.78 is 10.5. The second-order valence-electron chi connectivity index (χ2n) is 3.50. The highest BCUT2D eigenvalue weighted by Gasteiger charge is 1.99. The zero-order chi connectivity index (χ0) is 12.1. The van der Waals surface area contributed by atoms with Gasteiger partial charge in [-0.05, 0) is 35.4 Å². The van der Waals surface area contributed by atoms with Crippen LogP contribution < -0.4 is 8.92 Å². The molecule has 0 radical (unpaired) electrons. The fourth-order valence-corrected chi connectivity index (χ4v) is 1.89. The van der Waals surface area contributed by atoms with Gasteiger partial charge in [0.2, 0.25) is 0 Å². The Morgan fingerprint density at radius 1 is 0.765 bits per heavy atom. The van der Waals surface area contributed by atoms with Crippen molar-refractivity contribution in [1.82, 2.24) is 0 Å². The van der Waals surface area contributed by atoms with E-state index in [0.29, 0.717) is 0 Å². The molecule has 2 rings (SSSR count). The van der Waals surface area contributed by atoms with Crippen LogP contribution in [0.4, 0.5) is 0 Å². The van der Waals surface area contributed by atoms with Gasteiger partial charge in [-0.25, -0.2) is 0 Å². The number of hydrogen-bond donors (Lipinski definition) is 0. The lowest BCUT2D eigenvalue weighted by Crippen LogP contribution is -1.83. The second kappa shape index (κ2) is 5.64. The Bertz CT molecular complexity index is 463. The summed E-state index contributed by atoms with van der Waals surface area (Å²) in [5.74, 6) is 1.74. The Kier molecular flexibility index (Phi) is 3.94. The molecule has 0 saturated carbocycles. The fourth-order valence-electron chi connectivity index (χ4n) is 1.58. The number of rotatable bonds is 4. The van der Waals surface area contributed by atoms with Gasteiger partial charge in [-0.15, -0.1) is 0 Å². The minimum Gasteiger partial charge on any atom is -0.497 e. The van der Waals surface area contributed by atoms with Gasteiger partial charge in [0.1, 0.15) is 11.5 Å². The van der Waals surface area contributed by atoms with E-state index in [1.54, 1.807) is 7.11 Å². The smallest absolute Gasteiger partial charge is 0.137 e. The normalized spacial score (nSPS) is 10.0. The van der Waals surface area contributed by atoms with E-state index in [2.05, 4.69) is 0 Å². The van der Waals surface area contributed by atoms with Gasteiger partial charge in [0.05, 0.1) is 19.2 Å². The van der Waals surface area contributed by atoms with E-state index in [9.17, 15) is 0 Å². The van der Waals surface area contributed by atoms with E-state index in [-0.39, 0.29) is 0 Å². The molecule has 0 N–H and O–H groups in total. The van der Waals surface area contributed by atoms with Crippen molar-refractivity contribution in [3.8, 4) is 22.6 Å². The zero-order valence-corrected chi connectivity index (χ0v) is 10.7. The summed E-state index contributed by atoms with van der Waals surface area (Å²) in [5, 5.41) is 0. The SMILES string of the molecule is COc1ccc(-c2ccc(OSC)cc2)cc1. The molecule has 0 fully saturated rings. The summed E-state index contributed by atoms with van der Waals surface area (Å²) in [6.45, 7) is 0. The molecule has 0 aliphatic carbocycles. The Hall–Kier alpha value is -1.61. The highest BCUT2D eigenvalue weighted by Crippen LogP contribution is 2.25. The first kappa shape index (κ1) is 11.9. The predicted molar refractivity (Wildman–Crippen MR) is 72.6 cm³/mol. The third kappa shape index (κ3) is 2.94. The Labute approximate surface area is 106 Å². The Balaban J connectivity index is 2.20. The van der Waals surface area contributed by atoms with Crippen LogP contribution in [0.15, 0.2) is 48.5 Å². The molecule has 17 heavy (non-hydrogen) atoms. The third-order valence-corrected chi connectivity index (χ3v) is 2.82. The maximum atomic E-state index is 5.33. The van der Waals surface area contributed by atoms with Crippen molar-refractivity contribution < 1.29 is 8.92 Å². The van der Waals surface area contributed by atoms with Crippen LogP contribution in [0.1, 0.15) is 0 Å². The average molecular weight is 246 g/mol. The maximum Gasteiger partial charge on any atom is 0.137 e. The van der Waals surface area contributed by atoms with E-state index in [1.807, 2.05) is 54.8 Å². The van der Waals surface area contributed by atoms with Crippen LogP contribution in [0.2, 0.25) is 0 Å². The fraction of sp³-hybridized carbons (Fsp3) is 0.143. The first-order valence-electron chi connectivity index (χ1n) is 5.28. The molecule has 0 heterocycles. The van der Waals surface area contributed by atoms with Crippen LogP contribution in [-0.2, 0) is 0 Å². The van der Waals surface area contributed by atoms with Crippen LogP contribution in [0.5, 0.6) is 11.5 Å². The highest BCUT2D eigenvalue weighted by atomic mass is 32.2. The molecule has 3 heteroatoms. The maximum absolute atomic E-state index is 5.33. The predicted octanol–water partition coefficient (Wildman–Crippen LogP) is 4.02. The van der Waals surface area contributed by atoms with Crippen LogP contribution in [-0.4, -0.2) is 13.4 Å². The first-order chi connectivity index (χ1) is 8.33. The summed E-state index contributed by atoms with van der Waals surface area (Å²) in [7, 11) is 1.67. The van der Waals surface area contributed by atoms with Crippen molar-refractivity contribution in [2.75, 3.05) is 13.4 Å². The quantitative estimate of drug-likeness (QED) is 0.759. The highest BCUT2D eigenvalue weighted by molar-refractivity contribution is 7.94. The van der Waals surface area contributed by atoms with E-state index >= 15 is 0 Å². The standard InChI is InChI=1S/C14H14O2S/c1-15-13-7-3-11(4-8-13)12-5-9-14(10-6-12)16-17-2/h3-10H,1-2H3. The molecule has 2 nitrogen and oxygen atoms in total. The molecule has 2 aromatic rings. The molecular formula is C14H14O2S. The van der Waals surface area contributed by atoms with E-state index in [1.165, 1.54) is 23.2 Å². The van der Waals surface area contributed by atoms with Crippen LogP contribution in [0, 0.1) is 0 Å². The summed E-state index contributed by atoms with van der Waals surface area (Å²) >= 11 is 1.34. The lowest BCUT2D eigenvalue weighted by molar-refractivity contribution is 0.415. The van der Waals surface area contributed by atoms with Gasteiger partial charge in [0, 0.05) is 6.26 Å². The largest absolute Gasteiger partial charge is 0.497 e. The molecule has 0 aliphatic heterocycles. The third-order valence-electron chi connectivity index (χ3n) is 2.46. The van der Waals surface area contributed by atoms with Gasteiger partial charge in [-0.1, -0.05) is 24.3 Å². The van der Waals surface area contributed by atoms with Crippen LogP contribution >= 0.6 is 12.0 Å². The lowest BCUT2D eigenvalue weighted by atomic mass is 10.1. The average Bonchev–Trinajstić information content (AvgIpc) is 2.40. The molecule has 0 spiro atoms. The van der Waals surface area contributed by atoms with Gasteiger partial charge in [-0.3, -0.25) is 0 Å². The van der Waals surface area contributed by atoms with Gasteiger partial charge >= 0.3 is 0 Å². The second-order valence-corrected chi connectivity index (χ2v) is 4.00. The van der Waals surface area contributed by atoms with Crippen molar-refractivity contribution in [1.29, 1.82) is 0 Å². The summed E-state index contributed by atoms with van der Waals surface area (Å²) in [4.78, 5) is 0. The summed E-state index contributed by atoms with van der Waals surface area (Å²) in [5.41, 5.74) is 2.34. The van der Waals surface area contributed by atoms with E-state index in [4.69, 9.17) is 8.92 Å². The van der Waals surface area contributed by atoms with E-state index < -0.39 is 0 Å². The number of methoxy groups -OCH3 is 1. The zero-order valence-electron chi connectivity index (χ0n) is 9.84. The summed E-state index contributed by atoms with van der Waals surface area (Å²) in [6.07, 6.45) is 1.90. The van der Waals surface area contributed by atoms with Gasteiger partial charge in [-0.2, -0.15) is 0 Å². The lowest BCUT2D eigenvalue weighted by Gasteiger charge is -2.05. The van der Waals surface area contributed by atoms with Gasteiger partial charge in [0.25, 0.3) is 0 Å². The topological polar surface area (TPSA) is 18.5 Å². The van der Waals surface area contributed by atoms with Crippen molar-refractivity contribution >= 4 is 12.0 Å². The van der Waals surface area contributed by atoms with Crippen molar-refractivity contribution in [2.45, 2.75) is 0 Å². The van der Waals surface area contributed by atoms with E-state index in [0.717, 1.165) is 11.5 Å². The summed E-state index contributed by atoms with van der Waals surface area (Å²) in [6, 6.07) is 16.0. The molecule has 0 saturated heterocycles. The Morgan fingerprint density at radius 2 is 1.24 bits per heavy atom. The molecule has 2 aromatic carbocycles. The first-order valence-corrected chi connectivity index (χ1v) is 6.43. The number of ether oxygens (including phenoxy) is 1. The van der Waals surface area contributed by atoms with Crippen molar-refractivity contribution in [3.05, 3.63) is 48.5 Å².